The Bertz CT molecular complexity index is 536. The molecule has 5 heteroatoms. The summed E-state index contributed by atoms with van der Waals surface area (Å²) in [5.41, 5.74) is 7.42. The van der Waals surface area contributed by atoms with E-state index in [1.165, 1.54) is 0 Å². The number of carboxylic acid groups (broad SMARTS) is 1. The highest BCUT2D eigenvalue weighted by Crippen LogP contribution is 2.24. The fourth-order valence-corrected chi connectivity index (χ4v) is 2.04. The van der Waals surface area contributed by atoms with Crippen LogP contribution in [-0.4, -0.2) is 22.1 Å². The van der Waals surface area contributed by atoms with Crippen LogP contribution in [-0.2, 0) is 11.2 Å². The van der Waals surface area contributed by atoms with E-state index < -0.39 is 12.0 Å². The van der Waals surface area contributed by atoms with Crippen LogP contribution in [0.2, 0.25) is 0 Å². The topological polar surface area (TPSA) is 79.1 Å². The first-order valence-corrected chi connectivity index (χ1v) is 5.61. The van der Waals surface area contributed by atoms with Gasteiger partial charge in [-0.1, -0.05) is 6.07 Å². The number of halogens is 1. The van der Waals surface area contributed by atoms with Crippen molar-refractivity contribution in [2.24, 2.45) is 5.73 Å². The molecule has 1 unspecified atom stereocenters. The zero-order valence-electron chi connectivity index (χ0n) is 8.40. The van der Waals surface area contributed by atoms with Crippen LogP contribution in [0, 0.1) is 0 Å². The number of nitrogens with two attached hydrogens (primary N) is 1. The smallest absolute Gasteiger partial charge is 0.320 e. The summed E-state index contributed by atoms with van der Waals surface area (Å²) < 4.78 is 0.966. The zero-order chi connectivity index (χ0) is 11.7. The van der Waals surface area contributed by atoms with Gasteiger partial charge in [0.2, 0.25) is 0 Å². The SMILES string of the molecule is NC(Cc1ccc2[nH]cc(Br)c2c1)C(=O)O. The van der Waals surface area contributed by atoms with Crippen molar-refractivity contribution < 1.29 is 9.90 Å². The van der Waals surface area contributed by atoms with Crippen LogP contribution in [0.3, 0.4) is 0 Å². The first kappa shape index (κ1) is 11.2. The van der Waals surface area contributed by atoms with Gasteiger partial charge in [-0.2, -0.15) is 0 Å². The Kier molecular flexibility index (Phi) is 2.98. The van der Waals surface area contributed by atoms with Crippen molar-refractivity contribution in [2.45, 2.75) is 12.5 Å². The lowest BCUT2D eigenvalue weighted by molar-refractivity contribution is -0.138. The maximum Gasteiger partial charge on any atom is 0.320 e. The minimum absolute atomic E-state index is 0.336. The highest BCUT2D eigenvalue weighted by Gasteiger charge is 2.12. The number of aromatic amines is 1. The van der Waals surface area contributed by atoms with E-state index in [2.05, 4.69) is 20.9 Å². The molecule has 0 bridgehead atoms. The number of hydrogen-bond donors (Lipinski definition) is 3. The number of aromatic nitrogens is 1. The highest BCUT2D eigenvalue weighted by molar-refractivity contribution is 9.10. The number of benzene rings is 1. The largest absolute Gasteiger partial charge is 0.480 e. The number of carbonyl (C=O) groups is 1. The maximum atomic E-state index is 10.6. The number of hydrogen-bond acceptors (Lipinski definition) is 2. The predicted molar refractivity (Wildman–Crippen MR) is 65.3 cm³/mol. The first-order chi connectivity index (χ1) is 7.58. The second-order valence-electron chi connectivity index (χ2n) is 3.67. The molecule has 0 radical (unpaired) electrons. The van der Waals surface area contributed by atoms with E-state index in [-0.39, 0.29) is 0 Å². The van der Waals surface area contributed by atoms with Gasteiger partial charge in [0.1, 0.15) is 6.04 Å². The van der Waals surface area contributed by atoms with E-state index in [4.69, 9.17) is 10.8 Å². The van der Waals surface area contributed by atoms with Crippen molar-refractivity contribution in [3.63, 3.8) is 0 Å². The molecule has 0 saturated carbocycles. The van der Waals surface area contributed by atoms with Crippen molar-refractivity contribution in [1.29, 1.82) is 0 Å². The van der Waals surface area contributed by atoms with Crippen molar-refractivity contribution >= 4 is 32.8 Å². The Morgan fingerprint density at radius 3 is 3.00 bits per heavy atom. The van der Waals surface area contributed by atoms with Crippen LogP contribution in [0.25, 0.3) is 10.9 Å². The monoisotopic (exact) mass is 282 g/mol. The Morgan fingerprint density at radius 1 is 1.56 bits per heavy atom. The number of aliphatic carboxylic acids is 1. The Labute approximate surface area is 101 Å². The summed E-state index contributed by atoms with van der Waals surface area (Å²) in [5.74, 6) is -0.978. The minimum Gasteiger partial charge on any atom is -0.480 e. The zero-order valence-corrected chi connectivity index (χ0v) is 9.99. The fourth-order valence-electron chi connectivity index (χ4n) is 1.60. The van der Waals surface area contributed by atoms with E-state index in [1.807, 2.05) is 24.4 Å². The second kappa shape index (κ2) is 4.27. The number of carboxylic acids is 1. The molecule has 0 amide bonds. The van der Waals surface area contributed by atoms with Crippen molar-refractivity contribution in [1.82, 2.24) is 4.98 Å². The number of H-pyrrole nitrogens is 1. The lowest BCUT2D eigenvalue weighted by atomic mass is 10.1. The molecule has 0 fully saturated rings. The molecule has 4 nitrogen and oxygen atoms in total. The molecule has 0 aliphatic rings. The van der Waals surface area contributed by atoms with E-state index in [1.54, 1.807) is 0 Å². The van der Waals surface area contributed by atoms with Gasteiger partial charge in [-0.15, -0.1) is 0 Å². The molecule has 16 heavy (non-hydrogen) atoms. The molecule has 1 atom stereocenters. The van der Waals surface area contributed by atoms with Crippen LogP contribution in [0.5, 0.6) is 0 Å². The molecular weight excluding hydrogens is 272 g/mol. The molecular formula is C11H11BrN2O2. The average Bonchev–Trinajstić information content (AvgIpc) is 2.60. The lowest BCUT2D eigenvalue weighted by Gasteiger charge is -2.06. The standard InChI is InChI=1S/C11H11BrN2O2/c12-8-5-14-10-2-1-6(3-7(8)10)4-9(13)11(15)16/h1-3,5,9,14H,4,13H2,(H,15,16). The van der Waals surface area contributed by atoms with Gasteiger partial charge in [-0.3, -0.25) is 4.79 Å². The normalized spacial score (nSPS) is 12.9. The molecule has 0 saturated heterocycles. The van der Waals surface area contributed by atoms with Crippen LogP contribution < -0.4 is 5.73 Å². The summed E-state index contributed by atoms with van der Waals surface area (Å²) in [7, 11) is 0. The van der Waals surface area contributed by atoms with Crippen LogP contribution in [0.15, 0.2) is 28.9 Å². The van der Waals surface area contributed by atoms with Crippen LogP contribution in [0.4, 0.5) is 0 Å². The third kappa shape index (κ3) is 2.10. The van der Waals surface area contributed by atoms with E-state index >= 15 is 0 Å². The molecule has 84 valence electrons. The fraction of sp³-hybridized carbons (Fsp3) is 0.182. The minimum atomic E-state index is -0.978. The van der Waals surface area contributed by atoms with Crippen molar-refractivity contribution in [3.05, 3.63) is 34.4 Å². The quantitative estimate of drug-likeness (QED) is 0.804. The van der Waals surface area contributed by atoms with Gasteiger partial charge in [-0.05, 0) is 40.0 Å². The summed E-state index contributed by atoms with van der Waals surface area (Å²) in [6.45, 7) is 0. The summed E-state index contributed by atoms with van der Waals surface area (Å²) >= 11 is 3.42. The Balaban J connectivity index is 2.32. The molecule has 1 aromatic heterocycles. The highest BCUT2D eigenvalue weighted by atomic mass is 79.9. The summed E-state index contributed by atoms with van der Waals surface area (Å²) in [6, 6.07) is 4.90. The summed E-state index contributed by atoms with van der Waals surface area (Å²) in [6.07, 6.45) is 2.19. The predicted octanol–water partition coefficient (Wildman–Crippen LogP) is 1.88. The average molecular weight is 283 g/mol. The van der Waals surface area contributed by atoms with Gasteiger partial charge in [-0.25, -0.2) is 0 Å². The van der Waals surface area contributed by atoms with Gasteiger partial charge in [0.25, 0.3) is 0 Å². The Morgan fingerprint density at radius 2 is 2.31 bits per heavy atom. The third-order valence-corrected chi connectivity index (χ3v) is 3.12. The van der Waals surface area contributed by atoms with Gasteiger partial charge >= 0.3 is 5.97 Å². The molecule has 4 N–H and O–H groups in total. The van der Waals surface area contributed by atoms with Gasteiger partial charge in [0.15, 0.2) is 0 Å². The van der Waals surface area contributed by atoms with Gasteiger partial charge in [0.05, 0.1) is 0 Å². The molecule has 2 aromatic rings. The van der Waals surface area contributed by atoms with Crippen LogP contribution >= 0.6 is 15.9 Å². The second-order valence-corrected chi connectivity index (χ2v) is 4.52. The first-order valence-electron chi connectivity index (χ1n) is 4.82. The molecule has 1 aromatic carbocycles. The molecule has 0 aliphatic heterocycles. The van der Waals surface area contributed by atoms with Crippen molar-refractivity contribution in [3.8, 4) is 0 Å². The third-order valence-electron chi connectivity index (χ3n) is 2.47. The summed E-state index contributed by atoms with van der Waals surface area (Å²) in [4.78, 5) is 13.7. The molecule has 1 heterocycles. The van der Waals surface area contributed by atoms with Crippen molar-refractivity contribution in [2.75, 3.05) is 0 Å². The Hall–Kier alpha value is -1.33. The van der Waals surface area contributed by atoms with E-state index in [9.17, 15) is 4.79 Å². The molecule has 0 aliphatic carbocycles. The number of nitrogens with one attached hydrogen (secondary N) is 1. The van der Waals surface area contributed by atoms with Gasteiger partial charge < -0.3 is 15.8 Å². The van der Waals surface area contributed by atoms with E-state index in [0.717, 1.165) is 20.9 Å². The molecule has 0 spiro atoms. The lowest BCUT2D eigenvalue weighted by Crippen LogP contribution is -2.32. The summed E-state index contributed by atoms with van der Waals surface area (Å²) in [5, 5.41) is 9.77. The number of rotatable bonds is 3. The van der Waals surface area contributed by atoms with Gasteiger partial charge in [0, 0.05) is 21.6 Å². The van der Waals surface area contributed by atoms with E-state index in [0.29, 0.717) is 6.42 Å². The maximum absolute atomic E-state index is 10.6. The van der Waals surface area contributed by atoms with Crippen LogP contribution in [0.1, 0.15) is 5.56 Å². The number of fused-ring (bicyclic) bond motifs is 1. The molecule has 2 rings (SSSR count).